The van der Waals surface area contributed by atoms with Gasteiger partial charge in [-0.15, -0.1) is 0 Å². The molecule has 0 radical (unpaired) electrons. The lowest BCUT2D eigenvalue weighted by molar-refractivity contribution is -0.139. The van der Waals surface area contributed by atoms with E-state index in [1.54, 1.807) is 7.05 Å². The largest absolute Gasteiger partial charge is 0.381 e. The van der Waals surface area contributed by atoms with E-state index in [2.05, 4.69) is 16.0 Å². The van der Waals surface area contributed by atoms with Gasteiger partial charge in [-0.1, -0.05) is 74.5 Å². The zero-order valence-electron chi connectivity index (χ0n) is 32.7. The minimum absolute atomic E-state index is 0.0617. The molecule has 0 saturated carbocycles. The maximum Gasteiger partial charge on any atom is 0.318 e. The summed E-state index contributed by atoms with van der Waals surface area (Å²) >= 11 is 0. The van der Waals surface area contributed by atoms with Gasteiger partial charge in [0.25, 0.3) is 0 Å². The summed E-state index contributed by atoms with van der Waals surface area (Å²) in [6, 6.07) is 15.5. The highest BCUT2D eigenvalue weighted by atomic mass is 16.5. The number of hydrogen-bond donors (Lipinski definition) is 5. The first kappa shape index (κ1) is 42.7. The maximum atomic E-state index is 14.1. The van der Waals surface area contributed by atoms with Crippen LogP contribution in [-0.2, 0) is 25.5 Å². The molecule has 12 nitrogen and oxygen atoms in total. The molecule has 0 aromatic heterocycles. The first-order valence-corrected chi connectivity index (χ1v) is 20.1. The highest BCUT2D eigenvalue weighted by Crippen LogP contribution is 2.29. The van der Waals surface area contributed by atoms with Gasteiger partial charge in [-0.05, 0) is 93.2 Å². The number of hydrogen-bond acceptors (Lipinski definition) is 7. The number of rotatable bonds is 19. The van der Waals surface area contributed by atoms with Crippen molar-refractivity contribution < 1.29 is 23.9 Å². The molecule has 298 valence electrons. The summed E-state index contributed by atoms with van der Waals surface area (Å²) in [5.74, 6) is 0.379. The molecule has 2 saturated heterocycles. The summed E-state index contributed by atoms with van der Waals surface area (Å²) in [7, 11) is 1.66. The standard InChI is InChI=1S/C42H65N7O5/c1-30(2)26-36(39(50)45-35(16-10-11-21-43)41(52)49-22-17-32(18-23-49)27-33-19-24-54-25-20-33)46-40(51)37(28-31-12-6-4-7-13-31)47-42(53)48(3)38(29-44)34-14-8-5-9-15-34/h4-9,12-15,30,32-33,35-38H,10-11,16-29,43-44H2,1-3H3,(H,45,50)(H,46,51)(H,47,53)/t35-,36-,37-,38?/m1/s1. The van der Waals surface area contributed by atoms with Crippen LogP contribution in [-0.4, -0.2) is 98.1 Å². The Bertz CT molecular complexity index is 1430. The van der Waals surface area contributed by atoms with Crippen molar-refractivity contribution in [3.05, 3.63) is 71.8 Å². The number of unbranched alkanes of at least 4 members (excludes halogenated alkanes) is 1. The van der Waals surface area contributed by atoms with E-state index < -0.39 is 42.0 Å². The van der Waals surface area contributed by atoms with E-state index in [1.807, 2.05) is 79.4 Å². The van der Waals surface area contributed by atoms with Gasteiger partial charge in [0.05, 0.1) is 6.04 Å². The van der Waals surface area contributed by atoms with Crippen LogP contribution < -0.4 is 27.4 Å². The van der Waals surface area contributed by atoms with Gasteiger partial charge in [-0.25, -0.2) is 4.79 Å². The van der Waals surface area contributed by atoms with E-state index in [4.69, 9.17) is 16.2 Å². The normalized spacial score (nSPS) is 17.6. The Morgan fingerprint density at radius 3 is 2.00 bits per heavy atom. The fraction of sp³-hybridized carbons (Fsp3) is 0.619. The summed E-state index contributed by atoms with van der Waals surface area (Å²) < 4.78 is 5.54. The predicted octanol–water partition coefficient (Wildman–Crippen LogP) is 4.14. The number of urea groups is 1. The average molecular weight is 748 g/mol. The molecule has 7 N–H and O–H groups in total. The second-order valence-electron chi connectivity index (χ2n) is 15.6. The van der Waals surface area contributed by atoms with Crippen LogP contribution >= 0.6 is 0 Å². The Morgan fingerprint density at radius 1 is 0.796 bits per heavy atom. The van der Waals surface area contributed by atoms with E-state index in [1.165, 1.54) is 11.3 Å². The van der Waals surface area contributed by atoms with Crippen molar-refractivity contribution >= 4 is 23.8 Å². The van der Waals surface area contributed by atoms with Crippen molar-refractivity contribution in [2.45, 2.75) is 102 Å². The molecule has 2 aliphatic heterocycles. The summed E-state index contributed by atoms with van der Waals surface area (Å²) in [4.78, 5) is 59.3. The topological polar surface area (TPSA) is 172 Å². The van der Waals surface area contributed by atoms with Crippen LogP contribution in [0.1, 0.15) is 88.8 Å². The Kier molecular flexibility index (Phi) is 17.7. The van der Waals surface area contributed by atoms with Gasteiger partial charge in [0.15, 0.2) is 0 Å². The zero-order chi connectivity index (χ0) is 38.9. The number of carbonyl (C=O) groups is 4. The van der Waals surface area contributed by atoms with Crippen molar-refractivity contribution in [3.63, 3.8) is 0 Å². The van der Waals surface area contributed by atoms with Crippen LogP contribution in [0.25, 0.3) is 0 Å². The van der Waals surface area contributed by atoms with Gasteiger partial charge >= 0.3 is 6.03 Å². The van der Waals surface area contributed by atoms with Crippen LogP contribution in [0.4, 0.5) is 4.79 Å². The lowest BCUT2D eigenvalue weighted by Crippen LogP contribution is -2.58. The van der Waals surface area contributed by atoms with Gasteiger partial charge < -0.3 is 42.0 Å². The molecule has 2 aliphatic rings. The molecule has 5 amide bonds. The monoisotopic (exact) mass is 748 g/mol. The van der Waals surface area contributed by atoms with Gasteiger partial charge in [-0.3, -0.25) is 14.4 Å². The third-order valence-corrected chi connectivity index (χ3v) is 10.9. The van der Waals surface area contributed by atoms with E-state index >= 15 is 0 Å². The second-order valence-corrected chi connectivity index (χ2v) is 15.6. The average Bonchev–Trinajstić information content (AvgIpc) is 3.18. The SMILES string of the molecule is CC(C)C[C@@H](NC(=O)[C@@H](Cc1ccccc1)NC(=O)N(C)C(CN)c1ccccc1)C(=O)N[C@H](CCCCN)C(=O)N1CCC(CC2CCOCC2)CC1. The van der Waals surface area contributed by atoms with Gasteiger partial charge in [0.2, 0.25) is 17.7 Å². The lowest BCUT2D eigenvalue weighted by Gasteiger charge is -2.36. The number of nitrogens with zero attached hydrogens (tertiary/aromatic N) is 2. The van der Waals surface area contributed by atoms with Crippen LogP contribution in [0.2, 0.25) is 0 Å². The molecule has 1 unspecified atom stereocenters. The van der Waals surface area contributed by atoms with E-state index in [0.29, 0.717) is 50.7 Å². The third-order valence-electron chi connectivity index (χ3n) is 10.9. The number of benzene rings is 2. The Morgan fingerprint density at radius 2 is 1.39 bits per heavy atom. The van der Waals surface area contributed by atoms with Crippen LogP contribution in [0.3, 0.4) is 0 Å². The van der Waals surface area contributed by atoms with E-state index in [0.717, 1.165) is 56.4 Å². The Labute approximate surface area is 322 Å². The van der Waals surface area contributed by atoms with Crippen molar-refractivity contribution in [2.75, 3.05) is 46.4 Å². The highest BCUT2D eigenvalue weighted by Gasteiger charge is 2.34. The third kappa shape index (κ3) is 13.4. The van der Waals surface area contributed by atoms with Gasteiger partial charge in [0.1, 0.15) is 18.1 Å². The first-order chi connectivity index (χ1) is 26.1. The molecule has 0 spiro atoms. The summed E-state index contributed by atoms with van der Waals surface area (Å²) in [6.07, 6.45) is 7.79. The predicted molar refractivity (Wildman–Crippen MR) is 212 cm³/mol. The van der Waals surface area contributed by atoms with Crippen molar-refractivity contribution in [1.82, 2.24) is 25.8 Å². The first-order valence-electron chi connectivity index (χ1n) is 20.1. The molecule has 2 fully saturated rings. The summed E-state index contributed by atoms with van der Waals surface area (Å²) in [6.45, 7) is 7.69. The molecule has 2 heterocycles. The second kappa shape index (κ2) is 22.4. The smallest absolute Gasteiger partial charge is 0.318 e. The number of piperidine rings is 1. The number of ether oxygens (including phenoxy) is 1. The molecule has 2 aromatic carbocycles. The molecule has 0 bridgehead atoms. The van der Waals surface area contributed by atoms with E-state index in [-0.39, 0.29) is 24.8 Å². The summed E-state index contributed by atoms with van der Waals surface area (Å²) in [5.41, 5.74) is 13.6. The Hall–Kier alpha value is -4.00. The van der Waals surface area contributed by atoms with Crippen LogP contribution in [0.15, 0.2) is 60.7 Å². The quantitative estimate of drug-likeness (QED) is 0.135. The van der Waals surface area contributed by atoms with Crippen molar-refractivity contribution in [1.29, 1.82) is 0 Å². The van der Waals surface area contributed by atoms with Crippen molar-refractivity contribution in [2.24, 2.45) is 29.2 Å². The number of nitrogens with two attached hydrogens (primary N) is 2. The number of amides is 5. The van der Waals surface area contributed by atoms with E-state index in [9.17, 15) is 19.2 Å². The minimum Gasteiger partial charge on any atom is -0.381 e. The Balaban J connectivity index is 1.45. The van der Waals surface area contributed by atoms with Crippen molar-refractivity contribution in [3.8, 4) is 0 Å². The summed E-state index contributed by atoms with van der Waals surface area (Å²) in [5, 5.41) is 8.92. The van der Waals surface area contributed by atoms with Gasteiger partial charge in [-0.2, -0.15) is 0 Å². The molecule has 4 rings (SSSR count). The number of carbonyl (C=O) groups excluding carboxylic acids is 4. The molecular formula is C42H65N7O5. The molecule has 0 aliphatic carbocycles. The zero-order valence-corrected chi connectivity index (χ0v) is 32.7. The van der Waals surface area contributed by atoms with Crippen LogP contribution in [0.5, 0.6) is 0 Å². The number of likely N-dealkylation sites (N-methyl/N-ethyl adjacent to an activating group) is 1. The molecule has 54 heavy (non-hydrogen) atoms. The fourth-order valence-corrected chi connectivity index (χ4v) is 7.71. The molecular weight excluding hydrogens is 683 g/mol. The number of nitrogens with one attached hydrogen (secondary N) is 3. The fourth-order valence-electron chi connectivity index (χ4n) is 7.71. The molecule has 12 heteroatoms. The number of likely N-dealkylation sites (tertiary alicyclic amines) is 1. The molecule has 2 aromatic rings. The highest BCUT2D eigenvalue weighted by molar-refractivity contribution is 5.94. The van der Waals surface area contributed by atoms with Gasteiger partial charge in [0, 0.05) is 46.3 Å². The lowest BCUT2D eigenvalue weighted by atomic mass is 9.84. The maximum absolute atomic E-state index is 14.1. The minimum atomic E-state index is -0.983. The molecule has 4 atom stereocenters. The van der Waals surface area contributed by atoms with Crippen LogP contribution in [0, 0.1) is 17.8 Å².